The summed E-state index contributed by atoms with van der Waals surface area (Å²) in [6.07, 6.45) is 1.37. The van der Waals surface area contributed by atoms with Crippen LogP contribution in [0.4, 0.5) is 4.39 Å². The monoisotopic (exact) mass is 633 g/mol. The first kappa shape index (κ1) is 25.6. The Morgan fingerprint density at radius 2 is 1.63 bits per heavy atom. The Hall–Kier alpha value is -4.08. The number of aromatic nitrogens is 1. The number of hydrogen-bond donors (Lipinski definition) is 2. The number of ether oxygens (including phenoxy) is 1. The van der Waals surface area contributed by atoms with Crippen LogP contribution >= 0.6 is 31.9 Å². The number of para-hydroxylation sites is 1. The number of hydrogen-bond acceptors (Lipinski definition) is 4. The van der Waals surface area contributed by atoms with E-state index in [1.54, 1.807) is 54.6 Å². The summed E-state index contributed by atoms with van der Waals surface area (Å²) >= 11 is 6.84. The van der Waals surface area contributed by atoms with Crippen LogP contribution in [0.15, 0.2) is 105 Å². The Morgan fingerprint density at radius 3 is 2.37 bits per heavy atom. The molecular weight excluding hydrogens is 617 g/mol. The van der Waals surface area contributed by atoms with Crippen molar-refractivity contribution in [3.8, 4) is 16.9 Å². The SMILES string of the molecule is O=C(Oc1c(Br)cc(Br)cc1C=NNC(=O)c1[nH]c2c(F)cccc2c1-c1ccccc1)c1ccccc1. The van der Waals surface area contributed by atoms with E-state index in [1.165, 1.54) is 12.3 Å². The maximum Gasteiger partial charge on any atom is 0.343 e. The highest BCUT2D eigenvalue weighted by Gasteiger charge is 2.21. The zero-order valence-corrected chi connectivity index (χ0v) is 22.7. The fourth-order valence-electron chi connectivity index (χ4n) is 3.98. The molecule has 1 heterocycles. The predicted molar refractivity (Wildman–Crippen MR) is 152 cm³/mol. The summed E-state index contributed by atoms with van der Waals surface area (Å²) in [6, 6.07) is 25.9. The third-order valence-corrected chi connectivity index (χ3v) is 6.73. The Morgan fingerprint density at radius 1 is 0.921 bits per heavy atom. The van der Waals surface area contributed by atoms with Gasteiger partial charge in [0.15, 0.2) is 5.75 Å². The van der Waals surface area contributed by atoms with Crippen LogP contribution in [0.5, 0.6) is 5.75 Å². The quantitative estimate of drug-likeness (QED) is 0.0879. The van der Waals surface area contributed by atoms with Crippen molar-refractivity contribution in [2.24, 2.45) is 5.10 Å². The van der Waals surface area contributed by atoms with Gasteiger partial charge in [0.2, 0.25) is 0 Å². The molecule has 9 heteroatoms. The molecule has 1 aromatic heterocycles. The topological polar surface area (TPSA) is 83.5 Å². The second-order valence-corrected chi connectivity index (χ2v) is 9.93. The zero-order chi connectivity index (χ0) is 26.6. The van der Waals surface area contributed by atoms with E-state index in [4.69, 9.17) is 4.74 Å². The molecular formula is C29H18Br2FN3O3. The van der Waals surface area contributed by atoms with Gasteiger partial charge in [-0.1, -0.05) is 76.6 Å². The minimum atomic E-state index is -0.562. The predicted octanol–water partition coefficient (Wildman–Crippen LogP) is 7.48. The highest BCUT2D eigenvalue weighted by molar-refractivity contribution is 9.11. The van der Waals surface area contributed by atoms with Gasteiger partial charge in [0, 0.05) is 21.0 Å². The van der Waals surface area contributed by atoms with Gasteiger partial charge in [-0.15, -0.1) is 0 Å². The van der Waals surface area contributed by atoms with Gasteiger partial charge >= 0.3 is 5.97 Å². The summed E-state index contributed by atoms with van der Waals surface area (Å²) in [5, 5.41) is 4.68. The smallest absolute Gasteiger partial charge is 0.343 e. The van der Waals surface area contributed by atoms with E-state index in [-0.39, 0.29) is 17.0 Å². The van der Waals surface area contributed by atoms with Gasteiger partial charge in [-0.2, -0.15) is 5.10 Å². The van der Waals surface area contributed by atoms with Crippen molar-refractivity contribution in [1.82, 2.24) is 10.4 Å². The van der Waals surface area contributed by atoms with E-state index >= 15 is 0 Å². The number of rotatable bonds is 6. The molecule has 0 atom stereocenters. The van der Waals surface area contributed by atoms with Crippen molar-refractivity contribution >= 4 is 60.9 Å². The molecule has 0 saturated heterocycles. The first-order chi connectivity index (χ1) is 18.4. The van der Waals surface area contributed by atoms with Gasteiger partial charge in [-0.05, 0) is 51.8 Å². The van der Waals surface area contributed by atoms with Gasteiger partial charge in [0.1, 0.15) is 11.5 Å². The average Bonchev–Trinajstić information content (AvgIpc) is 3.32. The van der Waals surface area contributed by atoms with Crippen LogP contribution in [-0.2, 0) is 0 Å². The standard InChI is InChI=1S/C29H18Br2FN3O3/c30-20-14-19(27(22(31)15-20)38-29(37)18-10-5-2-6-11-18)16-33-35-28(36)26-24(17-8-3-1-4-9-17)21-12-7-13-23(32)25(21)34-26/h1-16,34H,(H,35,36). The number of carbonyl (C=O) groups excluding carboxylic acids is 2. The van der Waals surface area contributed by atoms with Crippen LogP contribution in [-0.4, -0.2) is 23.1 Å². The van der Waals surface area contributed by atoms with Crippen LogP contribution < -0.4 is 10.2 Å². The van der Waals surface area contributed by atoms with Crippen molar-refractivity contribution in [1.29, 1.82) is 0 Å². The van der Waals surface area contributed by atoms with Crippen LogP contribution in [0.3, 0.4) is 0 Å². The Labute approximate surface area is 233 Å². The number of benzene rings is 4. The number of nitrogens with zero attached hydrogens (tertiary/aromatic N) is 1. The highest BCUT2D eigenvalue weighted by atomic mass is 79.9. The van der Waals surface area contributed by atoms with Crippen LogP contribution in [0.1, 0.15) is 26.4 Å². The molecule has 0 aliphatic heterocycles. The Kier molecular flexibility index (Phi) is 7.48. The molecule has 4 aromatic carbocycles. The third-order valence-electron chi connectivity index (χ3n) is 5.68. The third kappa shape index (κ3) is 5.29. The largest absolute Gasteiger partial charge is 0.421 e. The molecule has 0 aliphatic rings. The van der Waals surface area contributed by atoms with Crippen molar-refractivity contribution in [3.63, 3.8) is 0 Å². The molecule has 0 radical (unpaired) electrons. The van der Waals surface area contributed by atoms with Crippen molar-refractivity contribution in [2.45, 2.75) is 0 Å². The van der Waals surface area contributed by atoms with E-state index in [0.717, 1.165) is 5.56 Å². The molecule has 0 spiro atoms. The number of aromatic amines is 1. The van der Waals surface area contributed by atoms with Crippen molar-refractivity contribution < 1.29 is 18.7 Å². The number of esters is 1. The lowest BCUT2D eigenvalue weighted by molar-refractivity contribution is 0.0733. The number of hydrazone groups is 1. The van der Waals surface area contributed by atoms with E-state index in [9.17, 15) is 14.0 Å². The highest BCUT2D eigenvalue weighted by Crippen LogP contribution is 2.34. The van der Waals surface area contributed by atoms with Gasteiger partial charge < -0.3 is 9.72 Å². The summed E-state index contributed by atoms with van der Waals surface area (Å²) < 4.78 is 21.4. The summed E-state index contributed by atoms with van der Waals surface area (Å²) in [7, 11) is 0. The fourth-order valence-corrected chi connectivity index (χ4v) is 5.32. The lowest BCUT2D eigenvalue weighted by Crippen LogP contribution is -2.19. The first-order valence-corrected chi connectivity index (χ1v) is 13.0. The molecule has 0 fully saturated rings. The Balaban J connectivity index is 1.45. The van der Waals surface area contributed by atoms with Crippen molar-refractivity contribution in [3.05, 3.63) is 123 Å². The number of carbonyl (C=O) groups is 2. The Bertz CT molecular complexity index is 1690. The summed E-state index contributed by atoms with van der Waals surface area (Å²) in [6.45, 7) is 0. The number of fused-ring (bicyclic) bond motifs is 1. The molecule has 5 rings (SSSR count). The molecule has 38 heavy (non-hydrogen) atoms. The van der Waals surface area contributed by atoms with Gasteiger partial charge in [0.05, 0.1) is 21.8 Å². The molecule has 0 bridgehead atoms. The molecule has 0 unspecified atom stereocenters. The number of amides is 1. The zero-order valence-electron chi connectivity index (χ0n) is 19.5. The summed E-state index contributed by atoms with van der Waals surface area (Å²) in [5.74, 6) is -1.34. The van der Waals surface area contributed by atoms with Crippen LogP contribution in [0.25, 0.3) is 22.0 Å². The molecule has 2 N–H and O–H groups in total. The lowest BCUT2D eigenvalue weighted by Gasteiger charge is -2.10. The molecule has 188 valence electrons. The first-order valence-electron chi connectivity index (χ1n) is 11.4. The molecule has 6 nitrogen and oxygen atoms in total. The second-order valence-electron chi connectivity index (χ2n) is 8.16. The molecule has 0 saturated carbocycles. The summed E-state index contributed by atoms with van der Waals surface area (Å²) in [4.78, 5) is 28.8. The maximum absolute atomic E-state index is 14.5. The van der Waals surface area contributed by atoms with Gasteiger partial charge in [0.25, 0.3) is 5.91 Å². The van der Waals surface area contributed by atoms with E-state index < -0.39 is 17.7 Å². The number of nitrogens with one attached hydrogen (secondary N) is 2. The van der Waals surface area contributed by atoms with Gasteiger partial charge in [-0.25, -0.2) is 14.6 Å². The fraction of sp³-hybridized carbons (Fsp3) is 0. The average molecular weight is 635 g/mol. The molecule has 0 aliphatic carbocycles. The lowest BCUT2D eigenvalue weighted by atomic mass is 10.0. The van der Waals surface area contributed by atoms with Crippen LogP contribution in [0, 0.1) is 5.82 Å². The maximum atomic E-state index is 14.5. The minimum absolute atomic E-state index is 0.166. The molecule has 5 aromatic rings. The number of H-pyrrole nitrogens is 1. The second kappa shape index (κ2) is 11.1. The van der Waals surface area contributed by atoms with E-state index in [1.807, 2.05) is 30.3 Å². The molecule has 1 amide bonds. The number of halogens is 3. The van der Waals surface area contributed by atoms with E-state index in [0.29, 0.717) is 31.0 Å². The van der Waals surface area contributed by atoms with Gasteiger partial charge in [-0.3, -0.25) is 4.79 Å². The van der Waals surface area contributed by atoms with Crippen molar-refractivity contribution in [2.75, 3.05) is 0 Å². The van der Waals surface area contributed by atoms with E-state index in [2.05, 4.69) is 47.4 Å². The summed E-state index contributed by atoms with van der Waals surface area (Å²) in [5.41, 5.74) is 5.03. The van der Waals surface area contributed by atoms with Crippen LogP contribution in [0.2, 0.25) is 0 Å². The normalized spacial score (nSPS) is 11.1. The minimum Gasteiger partial charge on any atom is -0.421 e.